The Morgan fingerprint density at radius 3 is 2.60 bits per heavy atom. The number of rotatable bonds is 6. The van der Waals surface area contributed by atoms with E-state index in [1.54, 1.807) is 14.2 Å². The molecule has 0 spiro atoms. The van der Waals surface area contributed by atoms with Crippen LogP contribution < -0.4 is 15.4 Å². The molecule has 0 fully saturated rings. The highest BCUT2D eigenvalue weighted by Gasteiger charge is 2.08. The Balaban J connectivity index is 0.00000312. The molecule has 2 aromatic rings. The van der Waals surface area contributed by atoms with Crippen molar-refractivity contribution >= 4 is 41.3 Å². The Kier molecular flexibility index (Phi) is 9.27. The monoisotopic (exact) mass is 473 g/mol. The van der Waals surface area contributed by atoms with E-state index >= 15 is 0 Å². The van der Waals surface area contributed by atoms with E-state index in [4.69, 9.17) is 4.74 Å². The van der Waals surface area contributed by atoms with Crippen molar-refractivity contribution in [3.8, 4) is 5.75 Å². The largest absolute Gasteiger partial charge is 0.497 e. The van der Waals surface area contributed by atoms with Gasteiger partial charge in [-0.1, -0.05) is 6.07 Å². The number of benzene rings is 1. The molecule has 0 aliphatic heterocycles. The van der Waals surface area contributed by atoms with Crippen LogP contribution in [0.2, 0.25) is 0 Å². The second-order valence-corrected chi connectivity index (χ2v) is 7.42. The van der Waals surface area contributed by atoms with Crippen LogP contribution in [-0.2, 0) is 13.0 Å². The summed E-state index contributed by atoms with van der Waals surface area (Å²) >= 11 is 1.85. The van der Waals surface area contributed by atoms with Crippen LogP contribution >= 0.6 is 35.3 Å². The summed E-state index contributed by atoms with van der Waals surface area (Å²) in [7, 11) is 3.49. The zero-order valence-electron chi connectivity index (χ0n) is 15.6. The third-order valence-corrected chi connectivity index (χ3v) is 4.74. The number of methoxy groups -OCH3 is 1. The number of nitrogens with zero attached hydrogens (tertiary/aromatic N) is 1. The molecule has 138 valence electrons. The van der Waals surface area contributed by atoms with Crippen LogP contribution in [0.4, 0.5) is 0 Å². The molecule has 1 aromatic carbocycles. The van der Waals surface area contributed by atoms with E-state index < -0.39 is 0 Å². The highest BCUT2D eigenvalue weighted by molar-refractivity contribution is 14.0. The second kappa shape index (κ2) is 10.7. The number of hydrogen-bond acceptors (Lipinski definition) is 3. The highest BCUT2D eigenvalue weighted by atomic mass is 127. The summed E-state index contributed by atoms with van der Waals surface area (Å²) in [5.41, 5.74) is 2.37. The van der Waals surface area contributed by atoms with Crippen molar-refractivity contribution in [3.05, 3.63) is 51.2 Å². The molecule has 0 aliphatic carbocycles. The third kappa shape index (κ3) is 7.23. The first-order valence-corrected chi connectivity index (χ1v) is 8.99. The van der Waals surface area contributed by atoms with Gasteiger partial charge in [-0.2, -0.15) is 0 Å². The van der Waals surface area contributed by atoms with Gasteiger partial charge in [0.15, 0.2) is 5.96 Å². The predicted octanol–water partition coefficient (Wildman–Crippen LogP) is 4.29. The van der Waals surface area contributed by atoms with E-state index in [0.29, 0.717) is 12.6 Å². The van der Waals surface area contributed by atoms with Crippen LogP contribution in [0, 0.1) is 13.8 Å². The lowest BCUT2D eigenvalue weighted by atomic mass is 10.1. The van der Waals surface area contributed by atoms with Gasteiger partial charge in [0.25, 0.3) is 0 Å². The number of guanidine groups is 1. The normalized spacial score (nSPS) is 12.3. The molecule has 0 aliphatic rings. The number of halogens is 1. The topological polar surface area (TPSA) is 45.7 Å². The number of aliphatic imine (C=N–C) groups is 1. The number of nitrogens with one attached hydrogen (secondary N) is 2. The SMILES string of the molecule is CN=C(NCc1cc(C)cc(OC)c1)NC(C)Cc1ccc(C)s1.I. The molecule has 2 N–H and O–H groups in total. The summed E-state index contributed by atoms with van der Waals surface area (Å²) in [5, 5.41) is 6.83. The van der Waals surface area contributed by atoms with E-state index in [1.807, 2.05) is 23.5 Å². The molecule has 6 heteroatoms. The maximum atomic E-state index is 5.33. The third-order valence-electron chi connectivity index (χ3n) is 3.72. The zero-order valence-corrected chi connectivity index (χ0v) is 18.7. The molecular formula is C19H28IN3OS. The molecule has 0 saturated carbocycles. The summed E-state index contributed by atoms with van der Waals surface area (Å²) in [5.74, 6) is 1.70. The van der Waals surface area contributed by atoms with Gasteiger partial charge in [-0.15, -0.1) is 35.3 Å². The first-order chi connectivity index (χ1) is 11.5. The van der Waals surface area contributed by atoms with Crippen molar-refractivity contribution in [2.75, 3.05) is 14.2 Å². The second-order valence-electron chi connectivity index (χ2n) is 6.05. The molecule has 0 radical (unpaired) electrons. The van der Waals surface area contributed by atoms with Gasteiger partial charge in [-0.25, -0.2) is 0 Å². The van der Waals surface area contributed by atoms with Crippen LogP contribution in [0.5, 0.6) is 5.75 Å². The quantitative estimate of drug-likeness (QED) is 0.374. The molecule has 0 bridgehead atoms. The van der Waals surface area contributed by atoms with Gasteiger partial charge in [0.05, 0.1) is 7.11 Å². The van der Waals surface area contributed by atoms with Crippen molar-refractivity contribution in [3.63, 3.8) is 0 Å². The van der Waals surface area contributed by atoms with Crippen LogP contribution in [0.3, 0.4) is 0 Å². The van der Waals surface area contributed by atoms with Gasteiger partial charge in [0.2, 0.25) is 0 Å². The van der Waals surface area contributed by atoms with Gasteiger partial charge < -0.3 is 15.4 Å². The Morgan fingerprint density at radius 1 is 1.24 bits per heavy atom. The number of ether oxygens (including phenoxy) is 1. The smallest absolute Gasteiger partial charge is 0.191 e. The minimum atomic E-state index is 0. The Hall–Kier alpha value is -1.28. The zero-order chi connectivity index (χ0) is 17.5. The van der Waals surface area contributed by atoms with E-state index in [1.165, 1.54) is 20.9 Å². The maximum absolute atomic E-state index is 5.33. The Morgan fingerprint density at radius 2 is 2.00 bits per heavy atom. The van der Waals surface area contributed by atoms with Gasteiger partial charge in [-0.05, 0) is 56.2 Å². The number of hydrogen-bond donors (Lipinski definition) is 2. The van der Waals surface area contributed by atoms with E-state index in [0.717, 1.165) is 18.1 Å². The molecule has 1 heterocycles. The van der Waals surface area contributed by atoms with Gasteiger partial charge in [-0.3, -0.25) is 4.99 Å². The number of aryl methyl sites for hydroxylation is 2. The highest BCUT2D eigenvalue weighted by Crippen LogP contribution is 2.17. The lowest BCUT2D eigenvalue weighted by molar-refractivity contribution is 0.414. The first-order valence-electron chi connectivity index (χ1n) is 8.17. The molecule has 2 rings (SSSR count). The van der Waals surface area contributed by atoms with Gasteiger partial charge in [0.1, 0.15) is 5.75 Å². The predicted molar refractivity (Wildman–Crippen MR) is 119 cm³/mol. The van der Waals surface area contributed by atoms with Crippen LogP contribution in [0.1, 0.15) is 27.8 Å². The summed E-state index contributed by atoms with van der Waals surface area (Å²) in [6.45, 7) is 7.10. The molecular weight excluding hydrogens is 445 g/mol. The summed E-state index contributed by atoms with van der Waals surface area (Å²) in [6, 6.07) is 10.9. The molecule has 1 aromatic heterocycles. The average Bonchev–Trinajstić information content (AvgIpc) is 2.95. The van der Waals surface area contributed by atoms with Crippen molar-refractivity contribution in [2.24, 2.45) is 4.99 Å². The average molecular weight is 473 g/mol. The summed E-state index contributed by atoms with van der Waals surface area (Å²) in [6.07, 6.45) is 0.997. The van der Waals surface area contributed by atoms with Gasteiger partial charge >= 0.3 is 0 Å². The molecule has 1 unspecified atom stereocenters. The molecule has 4 nitrogen and oxygen atoms in total. The van der Waals surface area contributed by atoms with Gasteiger partial charge in [0, 0.05) is 35.8 Å². The van der Waals surface area contributed by atoms with Crippen LogP contribution in [-0.4, -0.2) is 26.2 Å². The van der Waals surface area contributed by atoms with E-state index in [9.17, 15) is 0 Å². The minimum absolute atomic E-state index is 0. The molecule has 25 heavy (non-hydrogen) atoms. The summed E-state index contributed by atoms with van der Waals surface area (Å²) in [4.78, 5) is 7.07. The Labute approximate surface area is 172 Å². The maximum Gasteiger partial charge on any atom is 0.191 e. The minimum Gasteiger partial charge on any atom is -0.497 e. The van der Waals surface area contributed by atoms with E-state index in [-0.39, 0.29) is 24.0 Å². The van der Waals surface area contributed by atoms with Crippen LogP contribution in [0.15, 0.2) is 35.3 Å². The lowest BCUT2D eigenvalue weighted by Gasteiger charge is -2.18. The fraction of sp³-hybridized carbons (Fsp3) is 0.421. The van der Waals surface area contributed by atoms with Crippen molar-refractivity contribution in [1.29, 1.82) is 0 Å². The Bertz CT molecular complexity index is 700. The first kappa shape index (κ1) is 21.8. The van der Waals surface area contributed by atoms with E-state index in [2.05, 4.69) is 54.6 Å². The molecule has 0 amide bonds. The lowest BCUT2D eigenvalue weighted by Crippen LogP contribution is -2.42. The fourth-order valence-electron chi connectivity index (χ4n) is 2.61. The van der Waals surface area contributed by atoms with Crippen LogP contribution in [0.25, 0.3) is 0 Å². The molecule has 1 atom stereocenters. The summed E-state index contributed by atoms with van der Waals surface area (Å²) < 4.78 is 5.33. The van der Waals surface area contributed by atoms with Crippen molar-refractivity contribution < 1.29 is 4.74 Å². The standard InChI is InChI=1S/C19H27N3OS.HI/c1-13-8-16(11-17(9-13)23-5)12-21-19(20-4)22-14(2)10-18-7-6-15(3)24-18;/h6-9,11,14H,10,12H2,1-5H3,(H2,20,21,22);1H. The van der Waals surface area contributed by atoms with Crippen molar-refractivity contribution in [2.45, 2.75) is 39.8 Å². The van der Waals surface area contributed by atoms with Crippen molar-refractivity contribution in [1.82, 2.24) is 10.6 Å². The number of thiophene rings is 1. The fourth-order valence-corrected chi connectivity index (χ4v) is 3.62. The molecule has 0 saturated heterocycles.